The molecule has 0 spiro atoms. The van der Waals surface area contributed by atoms with Gasteiger partial charge < -0.3 is 9.72 Å². The number of rotatable bonds is 8. The Morgan fingerprint density at radius 1 is 0.919 bits per heavy atom. The lowest BCUT2D eigenvalue weighted by molar-refractivity contribution is -0.145. The number of Topliss-reactive ketones (excluding diaryl/α,β-unsaturated/α-hetero) is 1. The Morgan fingerprint density at radius 2 is 1.49 bits per heavy atom. The molecule has 0 saturated heterocycles. The number of H-pyrrole nitrogens is 1. The van der Waals surface area contributed by atoms with Crippen LogP contribution in [0.3, 0.4) is 0 Å². The van der Waals surface area contributed by atoms with E-state index in [2.05, 4.69) is 4.98 Å². The van der Waals surface area contributed by atoms with E-state index in [0.29, 0.717) is 28.4 Å². The minimum absolute atomic E-state index is 0.0400. The minimum atomic E-state index is -5.15. The van der Waals surface area contributed by atoms with Gasteiger partial charge in [0.25, 0.3) is 0 Å². The molecule has 37 heavy (non-hydrogen) atoms. The summed E-state index contributed by atoms with van der Waals surface area (Å²) in [6, 6.07) is 10.1. The number of hydrogen-bond donors (Lipinski definition) is 1. The van der Waals surface area contributed by atoms with Crippen molar-refractivity contribution < 1.29 is 40.7 Å². The molecule has 3 rings (SSSR count). The Labute approximate surface area is 213 Å². The summed E-state index contributed by atoms with van der Waals surface area (Å²) < 4.78 is 86.0. The average molecular weight is 546 g/mol. The van der Waals surface area contributed by atoms with Crippen molar-refractivity contribution in [3.05, 3.63) is 93.8 Å². The molecular formula is C26H22ClF6NO3. The molecule has 0 aliphatic carbocycles. The maximum absolute atomic E-state index is 13.8. The number of ether oxygens (including phenoxy) is 1. The Kier molecular flexibility index (Phi) is 8.12. The van der Waals surface area contributed by atoms with Gasteiger partial charge in [-0.3, -0.25) is 9.59 Å². The normalized spacial score (nSPS) is 14.6. The van der Waals surface area contributed by atoms with Gasteiger partial charge in [-0.1, -0.05) is 23.7 Å². The lowest BCUT2D eigenvalue weighted by atomic mass is 9.65. The van der Waals surface area contributed by atoms with Crippen molar-refractivity contribution >= 4 is 23.4 Å². The number of nitrogens with one attached hydrogen (secondary N) is 1. The number of carbonyl (C=O) groups is 2. The van der Waals surface area contributed by atoms with Gasteiger partial charge in [0.15, 0.2) is 5.78 Å². The van der Waals surface area contributed by atoms with Crippen LogP contribution in [0.2, 0.25) is 5.02 Å². The summed E-state index contributed by atoms with van der Waals surface area (Å²) in [6.45, 7) is 3.06. The molecule has 1 heterocycles. The lowest BCUT2D eigenvalue weighted by Gasteiger charge is -2.37. The molecule has 1 N–H and O–H groups in total. The first-order valence-corrected chi connectivity index (χ1v) is 11.4. The first-order valence-electron chi connectivity index (χ1n) is 11.1. The van der Waals surface area contributed by atoms with Crippen LogP contribution in [-0.4, -0.2) is 23.3 Å². The molecule has 3 aromatic rings. The fourth-order valence-electron chi connectivity index (χ4n) is 4.24. The Hall–Kier alpha value is -3.27. The van der Waals surface area contributed by atoms with Crippen LogP contribution in [0.15, 0.2) is 60.8 Å². The van der Waals surface area contributed by atoms with Crippen LogP contribution in [0.4, 0.5) is 26.3 Å². The topological polar surface area (TPSA) is 59.2 Å². The maximum atomic E-state index is 13.8. The van der Waals surface area contributed by atoms with Gasteiger partial charge in [0.2, 0.25) is 0 Å². The van der Waals surface area contributed by atoms with E-state index in [1.165, 1.54) is 19.1 Å². The number of aromatic amines is 1. The van der Waals surface area contributed by atoms with Crippen LogP contribution in [0.25, 0.3) is 0 Å². The van der Waals surface area contributed by atoms with Crippen LogP contribution in [-0.2, 0) is 27.3 Å². The SMILES string of the molecule is CCOC(=O)CC(C(=O)c1cc(C(F)(F)F)cc(C(F)(F)F)c1)C(C)(c1ccc(Cl)cc1)c1ccc[nH]1. The fourth-order valence-corrected chi connectivity index (χ4v) is 4.36. The highest BCUT2D eigenvalue weighted by Crippen LogP contribution is 2.44. The molecule has 4 nitrogen and oxygen atoms in total. The molecule has 2 atom stereocenters. The third kappa shape index (κ3) is 6.18. The largest absolute Gasteiger partial charge is 0.466 e. The van der Waals surface area contributed by atoms with Gasteiger partial charge in [-0.25, -0.2) is 0 Å². The van der Waals surface area contributed by atoms with E-state index in [1.54, 1.807) is 37.4 Å². The number of hydrogen-bond acceptors (Lipinski definition) is 3. The number of aromatic nitrogens is 1. The zero-order chi connectivity index (χ0) is 27.6. The molecule has 1 aromatic heterocycles. The predicted octanol–water partition coefficient (Wildman–Crippen LogP) is 7.46. The van der Waals surface area contributed by atoms with Gasteiger partial charge in [0.05, 0.1) is 24.2 Å². The lowest BCUT2D eigenvalue weighted by Crippen LogP contribution is -2.40. The van der Waals surface area contributed by atoms with E-state index >= 15 is 0 Å². The quantitative estimate of drug-likeness (QED) is 0.181. The molecule has 198 valence electrons. The van der Waals surface area contributed by atoms with E-state index in [1.807, 2.05) is 0 Å². The summed E-state index contributed by atoms with van der Waals surface area (Å²) in [5, 5.41) is 0.360. The molecule has 2 unspecified atom stereocenters. The molecule has 11 heteroatoms. The van der Waals surface area contributed by atoms with Crippen LogP contribution < -0.4 is 0 Å². The summed E-state index contributed by atoms with van der Waals surface area (Å²) in [5.41, 5.74) is -4.64. The smallest absolute Gasteiger partial charge is 0.416 e. The summed E-state index contributed by atoms with van der Waals surface area (Å²) in [5.74, 6) is -3.37. The van der Waals surface area contributed by atoms with Crippen molar-refractivity contribution in [3.63, 3.8) is 0 Å². The van der Waals surface area contributed by atoms with Crippen LogP contribution in [0, 0.1) is 5.92 Å². The molecular weight excluding hydrogens is 524 g/mol. The van der Waals surface area contributed by atoms with E-state index in [0.717, 1.165) is 0 Å². The fraction of sp³-hybridized carbons (Fsp3) is 0.308. The van der Waals surface area contributed by atoms with Gasteiger partial charge in [0.1, 0.15) is 0 Å². The zero-order valence-electron chi connectivity index (χ0n) is 19.6. The number of alkyl halides is 6. The molecule has 0 aliphatic heterocycles. The van der Waals surface area contributed by atoms with Crippen molar-refractivity contribution in [1.82, 2.24) is 4.98 Å². The maximum Gasteiger partial charge on any atom is 0.416 e. The summed E-state index contributed by atoms with van der Waals surface area (Å²) in [7, 11) is 0. The number of halogens is 7. The summed E-state index contributed by atoms with van der Waals surface area (Å²) >= 11 is 6.01. The Morgan fingerprint density at radius 3 is 1.95 bits per heavy atom. The van der Waals surface area contributed by atoms with Crippen LogP contribution in [0.5, 0.6) is 0 Å². The van der Waals surface area contributed by atoms with Crippen molar-refractivity contribution in [3.8, 4) is 0 Å². The second-order valence-corrected chi connectivity index (χ2v) is 8.95. The molecule has 0 bridgehead atoms. The van der Waals surface area contributed by atoms with Crippen molar-refractivity contribution in [2.45, 2.75) is 38.0 Å². The Bertz CT molecular complexity index is 1220. The van der Waals surface area contributed by atoms with E-state index < -0.39 is 58.5 Å². The summed E-state index contributed by atoms with van der Waals surface area (Å²) in [6.07, 6.45) is -9.36. The van der Waals surface area contributed by atoms with Gasteiger partial charge in [-0.15, -0.1) is 0 Å². The number of ketones is 1. The first-order chi connectivity index (χ1) is 17.2. The average Bonchev–Trinajstić information content (AvgIpc) is 3.36. The Balaban J connectivity index is 2.27. The highest BCUT2D eigenvalue weighted by Gasteiger charge is 2.46. The predicted molar refractivity (Wildman–Crippen MR) is 124 cm³/mol. The molecule has 0 saturated carbocycles. The zero-order valence-corrected chi connectivity index (χ0v) is 20.4. The van der Waals surface area contributed by atoms with Crippen LogP contribution in [0.1, 0.15) is 53.0 Å². The molecule has 0 radical (unpaired) electrons. The second kappa shape index (κ2) is 10.6. The van der Waals surface area contributed by atoms with Crippen molar-refractivity contribution in [1.29, 1.82) is 0 Å². The molecule has 2 aromatic carbocycles. The second-order valence-electron chi connectivity index (χ2n) is 8.51. The van der Waals surface area contributed by atoms with Gasteiger partial charge in [-0.2, -0.15) is 26.3 Å². The number of benzene rings is 2. The molecule has 0 aliphatic rings. The third-order valence-corrected chi connectivity index (χ3v) is 6.42. The minimum Gasteiger partial charge on any atom is -0.466 e. The van der Waals surface area contributed by atoms with Gasteiger partial charge >= 0.3 is 18.3 Å². The van der Waals surface area contributed by atoms with E-state index in [9.17, 15) is 35.9 Å². The van der Waals surface area contributed by atoms with Crippen molar-refractivity contribution in [2.24, 2.45) is 5.92 Å². The highest BCUT2D eigenvalue weighted by molar-refractivity contribution is 6.30. The first kappa shape index (κ1) is 28.3. The number of esters is 1. The van der Waals surface area contributed by atoms with Gasteiger partial charge in [-0.05, 0) is 61.9 Å². The summed E-state index contributed by atoms with van der Waals surface area (Å²) in [4.78, 5) is 29.4. The van der Waals surface area contributed by atoms with E-state index in [-0.39, 0.29) is 12.7 Å². The standard InChI is InChI=1S/C26H22ClF6NO3/c1-3-37-22(35)14-20(24(2,21-5-4-10-34-21)16-6-8-19(27)9-7-16)23(36)15-11-17(25(28,29)30)13-18(12-15)26(31,32)33/h4-13,20,34H,3,14H2,1-2H3. The molecule has 0 amide bonds. The highest BCUT2D eigenvalue weighted by atomic mass is 35.5. The third-order valence-electron chi connectivity index (χ3n) is 6.16. The van der Waals surface area contributed by atoms with Crippen LogP contribution >= 0.6 is 11.6 Å². The monoisotopic (exact) mass is 545 g/mol. The molecule has 0 fully saturated rings. The van der Waals surface area contributed by atoms with E-state index in [4.69, 9.17) is 16.3 Å². The van der Waals surface area contributed by atoms with Crippen molar-refractivity contribution in [2.75, 3.05) is 6.61 Å². The van der Waals surface area contributed by atoms with Gasteiger partial charge in [0, 0.05) is 33.8 Å². The number of carbonyl (C=O) groups excluding carboxylic acids is 2.